The molecule has 3 aliphatic rings. The largest absolute Gasteiger partial charge is 0.490 e. The van der Waals surface area contributed by atoms with E-state index in [-0.39, 0.29) is 30.1 Å². The number of esters is 1. The molecule has 3 fully saturated rings. The van der Waals surface area contributed by atoms with E-state index in [0.29, 0.717) is 41.4 Å². The van der Waals surface area contributed by atoms with Crippen LogP contribution in [-0.4, -0.2) is 60.4 Å². The zero-order chi connectivity index (χ0) is 24.6. The maximum absolute atomic E-state index is 15.2. The van der Waals surface area contributed by atoms with Crippen LogP contribution in [0, 0.1) is 5.82 Å². The zero-order valence-corrected chi connectivity index (χ0v) is 20.2. The molecule has 6 rings (SSSR count). The third kappa shape index (κ3) is 4.46. The number of aromatic nitrogens is 1. The molecule has 4 heterocycles. The predicted octanol–water partition coefficient (Wildman–Crippen LogP) is 3.89. The van der Waals surface area contributed by atoms with Crippen LogP contribution in [0.25, 0.3) is 16.5 Å². The smallest absolute Gasteiger partial charge is 0.306 e. The van der Waals surface area contributed by atoms with E-state index in [2.05, 4.69) is 9.80 Å². The van der Waals surface area contributed by atoms with Crippen LogP contribution in [0.4, 0.5) is 10.1 Å². The number of rotatable bonds is 6. The molecule has 7 nitrogen and oxygen atoms in total. The SMILES string of the molecule is O=C1CC[C@@H](COc2ccc3c(=O)n(-c4ccc(N5CC[C@@H](N6CCCC6)C5)c(F)c4)ccc3c2)O1. The van der Waals surface area contributed by atoms with E-state index in [1.807, 2.05) is 12.1 Å². The van der Waals surface area contributed by atoms with Crippen molar-refractivity contribution in [1.29, 1.82) is 0 Å². The highest BCUT2D eigenvalue weighted by Gasteiger charge is 2.30. The van der Waals surface area contributed by atoms with Crippen LogP contribution in [0.15, 0.2) is 53.5 Å². The Morgan fingerprint density at radius 3 is 2.64 bits per heavy atom. The van der Waals surface area contributed by atoms with Crippen LogP contribution < -0.4 is 15.2 Å². The Bertz CT molecular complexity index is 1350. The van der Waals surface area contributed by atoms with E-state index in [1.54, 1.807) is 30.5 Å². The summed E-state index contributed by atoms with van der Waals surface area (Å²) < 4.78 is 27.6. The second kappa shape index (κ2) is 9.58. The third-order valence-corrected chi connectivity index (χ3v) is 7.65. The number of benzene rings is 2. The topological polar surface area (TPSA) is 64.0 Å². The van der Waals surface area contributed by atoms with Gasteiger partial charge in [-0.1, -0.05) is 0 Å². The Morgan fingerprint density at radius 2 is 1.86 bits per heavy atom. The molecule has 0 spiro atoms. The third-order valence-electron chi connectivity index (χ3n) is 7.65. The number of carbonyl (C=O) groups is 1. The second-order valence-corrected chi connectivity index (χ2v) is 9.97. The zero-order valence-electron chi connectivity index (χ0n) is 20.2. The number of hydrogen-bond donors (Lipinski definition) is 0. The van der Waals surface area contributed by atoms with Gasteiger partial charge in [0, 0.05) is 43.2 Å². The summed E-state index contributed by atoms with van der Waals surface area (Å²) in [5, 5.41) is 1.26. The average Bonchev–Trinajstić information content (AvgIpc) is 3.65. The lowest BCUT2D eigenvalue weighted by molar-refractivity contribution is -0.142. The van der Waals surface area contributed by atoms with Crippen molar-refractivity contribution in [3.63, 3.8) is 0 Å². The molecule has 188 valence electrons. The molecule has 36 heavy (non-hydrogen) atoms. The molecule has 0 aliphatic carbocycles. The van der Waals surface area contributed by atoms with Crippen molar-refractivity contribution < 1.29 is 18.7 Å². The number of hydrogen-bond acceptors (Lipinski definition) is 6. The number of ether oxygens (including phenoxy) is 2. The fourth-order valence-electron chi connectivity index (χ4n) is 5.68. The normalized spacial score (nSPS) is 22.5. The highest BCUT2D eigenvalue weighted by molar-refractivity contribution is 5.83. The fourth-order valence-corrected chi connectivity index (χ4v) is 5.68. The quantitative estimate of drug-likeness (QED) is 0.488. The molecule has 3 aromatic rings. The number of pyridine rings is 1. The fraction of sp³-hybridized carbons (Fsp3) is 0.429. The van der Waals surface area contributed by atoms with Gasteiger partial charge in [-0.15, -0.1) is 0 Å². The van der Waals surface area contributed by atoms with Gasteiger partial charge in [0.05, 0.1) is 11.4 Å². The van der Waals surface area contributed by atoms with E-state index in [9.17, 15) is 9.59 Å². The number of anilines is 1. The summed E-state index contributed by atoms with van der Waals surface area (Å²) in [5.74, 6) is 0.104. The van der Waals surface area contributed by atoms with Crippen molar-refractivity contribution in [1.82, 2.24) is 9.47 Å². The Morgan fingerprint density at radius 1 is 1.00 bits per heavy atom. The van der Waals surface area contributed by atoms with Gasteiger partial charge in [0.25, 0.3) is 5.56 Å². The molecule has 0 radical (unpaired) electrons. The van der Waals surface area contributed by atoms with E-state index in [1.165, 1.54) is 23.5 Å². The summed E-state index contributed by atoms with van der Waals surface area (Å²) in [6.45, 7) is 4.28. The molecule has 3 aliphatic heterocycles. The van der Waals surface area contributed by atoms with E-state index < -0.39 is 0 Å². The molecule has 0 bridgehead atoms. The van der Waals surface area contributed by atoms with Gasteiger partial charge < -0.3 is 14.4 Å². The van der Waals surface area contributed by atoms with Crippen LogP contribution in [0.5, 0.6) is 5.75 Å². The lowest BCUT2D eigenvalue weighted by atomic mass is 10.1. The van der Waals surface area contributed by atoms with Gasteiger partial charge in [0.15, 0.2) is 0 Å². The van der Waals surface area contributed by atoms with Gasteiger partial charge in [-0.05, 0) is 80.6 Å². The molecule has 0 amide bonds. The molecule has 0 saturated carbocycles. The number of nitrogens with zero attached hydrogens (tertiary/aromatic N) is 3. The lowest BCUT2D eigenvalue weighted by Gasteiger charge is -2.25. The predicted molar refractivity (Wildman–Crippen MR) is 136 cm³/mol. The van der Waals surface area contributed by atoms with Crippen molar-refractivity contribution in [3.8, 4) is 11.4 Å². The number of fused-ring (bicyclic) bond motifs is 1. The minimum atomic E-state index is -0.307. The standard InChI is InChI=1S/C28H30FN3O4/c29-25-16-20(3-7-26(25)31-13-10-21(17-31)30-11-1-2-12-30)32-14-9-19-15-22(4-6-24(19)28(32)34)35-18-23-5-8-27(33)36-23/h3-4,6-7,9,14-16,21,23H,1-2,5,8,10-13,17-18H2/t21-,23+/m1/s1. The first-order chi connectivity index (χ1) is 17.5. The first kappa shape index (κ1) is 23.0. The van der Waals surface area contributed by atoms with Gasteiger partial charge >= 0.3 is 5.97 Å². The number of halogens is 1. The first-order valence-corrected chi connectivity index (χ1v) is 12.8. The van der Waals surface area contributed by atoms with Gasteiger partial charge in [-0.2, -0.15) is 0 Å². The molecule has 2 atom stereocenters. The van der Waals surface area contributed by atoms with Gasteiger partial charge in [-0.3, -0.25) is 19.1 Å². The van der Waals surface area contributed by atoms with E-state index in [0.717, 1.165) is 38.0 Å². The van der Waals surface area contributed by atoms with Gasteiger partial charge in [-0.25, -0.2) is 4.39 Å². The maximum atomic E-state index is 15.2. The second-order valence-electron chi connectivity index (χ2n) is 9.97. The summed E-state index contributed by atoms with van der Waals surface area (Å²) in [6.07, 6.45) is 6.08. The van der Waals surface area contributed by atoms with Crippen molar-refractivity contribution in [2.24, 2.45) is 0 Å². The Kier molecular flexibility index (Phi) is 6.13. The van der Waals surface area contributed by atoms with Crippen molar-refractivity contribution in [3.05, 3.63) is 64.8 Å². The van der Waals surface area contributed by atoms with Gasteiger partial charge in [0.2, 0.25) is 0 Å². The minimum Gasteiger partial charge on any atom is -0.490 e. The Hall–Kier alpha value is -3.39. The van der Waals surface area contributed by atoms with Crippen molar-refractivity contribution >= 4 is 22.4 Å². The molecular formula is C28H30FN3O4. The molecule has 1 aromatic heterocycles. The number of likely N-dealkylation sites (tertiary alicyclic amines) is 1. The molecule has 3 saturated heterocycles. The van der Waals surface area contributed by atoms with Crippen LogP contribution in [0.1, 0.15) is 32.1 Å². The summed E-state index contributed by atoms with van der Waals surface area (Å²) >= 11 is 0. The summed E-state index contributed by atoms with van der Waals surface area (Å²) in [7, 11) is 0. The Balaban J connectivity index is 1.19. The van der Waals surface area contributed by atoms with Crippen molar-refractivity contribution in [2.75, 3.05) is 37.7 Å². The molecule has 8 heteroatoms. The highest BCUT2D eigenvalue weighted by atomic mass is 19.1. The molecule has 0 N–H and O–H groups in total. The number of carbonyl (C=O) groups excluding carboxylic acids is 1. The maximum Gasteiger partial charge on any atom is 0.306 e. The van der Waals surface area contributed by atoms with Crippen LogP contribution in [0.2, 0.25) is 0 Å². The highest BCUT2D eigenvalue weighted by Crippen LogP contribution is 2.29. The molecule has 2 aromatic carbocycles. The van der Waals surface area contributed by atoms with Gasteiger partial charge in [0.1, 0.15) is 24.3 Å². The summed E-state index contributed by atoms with van der Waals surface area (Å²) in [6, 6.07) is 12.6. The molecular weight excluding hydrogens is 461 g/mol. The lowest BCUT2D eigenvalue weighted by Crippen LogP contribution is -2.35. The summed E-state index contributed by atoms with van der Waals surface area (Å²) in [4.78, 5) is 29.1. The van der Waals surface area contributed by atoms with E-state index in [4.69, 9.17) is 9.47 Å². The average molecular weight is 492 g/mol. The van der Waals surface area contributed by atoms with Crippen LogP contribution >= 0.6 is 0 Å². The van der Waals surface area contributed by atoms with E-state index >= 15 is 4.39 Å². The number of cyclic esters (lactones) is 1. The van der Waals surface area contributed by atoms with Crippen molar-refractivity contribution in [2.45, 2.75) is 44.2 Å². The Labute approximate surface area is 209 Å². The first-order valence-electron chi connectivity index (χ1n) is 12.8. The summed E-state index contributed by atoms with van der Waals surface area (Å²) in [5.41, 5.74) is 0.886. The monoisotopic (exact) mass is 491 g/mol. The van der Waals surface area contributed by atoms with Crippen LogP contribution in [-0.2, 0) is 9.53 Å². The minimum absolute atomic E-state index is 0.196. The molecule has 0 unspecified atom stereocenters. The van der Waals surface area contributed by atoms with Crippen LogP contribution in [0.3, 0.4) is 0 Å².